The Morgan fingerprint density at radius 2 is 1.93 bits per heavy atom. The summed E-state index contributed by atoms with van der Waals surface area (Å²) in [5.41, 5.74) is 5.54. The first-order valence-corrected chi connectivity index (χ1v) is 11.0. The van der Waals surface area contributed by atoms with Gasteiger partial charge in [0.05, 0.1) is 5.75 Å². The van der Waals surface area contributed by atoms with Gasteiger partial charge in [-0.1, -0.05) is 55.1 Å². The molecule has 0 atom stereocenters. The van der Waals surface area contributed by atoms with E-state index in [4.69, 9.17) is 5.73 Å². The van der Waals surface area contributed by atoms with Gasteiger partial charge in [-0.05, 0) is 18.1 Å². The van der Waals surface area contributed by atoms with Gasteiger partial charge in [-0.15, -0.1) is 10.2 Å². The molecule has 3 aromatic rings. The molecule has 0 aliphatic heterocycles. The maximum Gasteiger partial charge on any atom is 0.332 e. The van der Waals surface area contributed by atoms with Crippen molar-refractivity contribution in [1.29, 1.82) is 0 Å². The third kappa shape index (κ3) is 4.79. The first-order chi connectivity index (χ1) is 14.3. The molecule has 0 fully saturated rings. The van der Waals surface area contributed by atoms with Gasteiger partial charge in [0.25, 0.3) is 5.56 Å². The normalized spacial score (nSPS) is 11.1. The molecule has 3 rings (SSSR count). The number of anilines is 3. The van der Waals surface area contributed by atoms with Crippen molar-refractivity contribution in [2.24, 2.45) is 13.0 Å². The van der Waals surface area contributed by atoms with E-state index in [1.807, 2.05) is 44.2 Å². The van der Waals surface area contributed by atoms with E-state index in [-0.39, 0.29) is 23.1 Å². The van der Waals surface area contributed by atoms with Gasteiger partial charge >= 0.3 is 5.69 Å². The van der Waals surface area contributed by atoms with Gasteiger partial charge in [-0.3, -0.25) is 18.7 Å². The molecule has 3 N–H and O–H groups in total. The Morgan fingerprint density at radius 3 is 2.60 bits per heavy atom. The standard InChI is InChI=1S/C19H22N6O3S2/c1-11(2)9-25-15(20)14(16(27)24(3)19(25)28)13(26)10-29-18-23-22-17(30-18)21-12-7-5-4-6-8-12/h4-8,11H,9-10,20H2,1-3H3,(H,21,22). The Balaban J connectivity index is 1.76. The molecule has 0 saturated carbocycles. The van der Waals surface area contributed by atoms with E-state index < -0.39 is 17.0 Å². The highest BCUT2D eigenvalue weighted by molar-refractivity contribution is 8.01. The Bertz CT molecular complexity index is 1170. The summed E-state index contributed by atoms with van der Waals surface area (Å²) in [6, 6.07) is 9.53. The molecular weight excluding hydrogens is 424 g/mol. The Morgan fingerprint density at radius 1 is 1.23 bits per heavy atom. The number of Topliss-reactive ketones (excluding diaryl/α,β-unsaturated/α-hetero) is 1. The predicted octanol–water partition coefficient (Wildman–Crippen LogP) is 2.36. The van der Waals surface area contributed by atoms with E-state index in [2.05, 4.69) is 15.5 Å². The number of hydrogen-bond acceptors (Lipinski definition) is 9. The van der Waals surface area contributed by atoms with Crippen molar-refractivity contribution in [3.63, 3.8) is 0 Å². The highest BCUT2D eigenvalue weighted by atomic mass is 32.2. The van der Waals surface area contributed by atoms with Crippen LogP contribution in [0.2, 0.25) is 0 Å². The lowest BCUT2D eigenvalue weighted by Gasteiger charge is -2.15. The number of carbonyl (C=O) groups excluding carboxylic acids is 1. The van der Waals surface area contributed by atoms with Crippen LogP contribution in [0, 0.1) is 5.92 Å². The lowest BCUT2D eigenvalue weighted by molar-refractivity contribution is 0.102. The van der Waals surface area contributed by atoms with Gasteiger partial charge in [0.2, 0.25) is 5.13 Å². The molecule has 0 saturated heterocycles. The minimum Gasteiger partial charge on any atom is -0.384 e. The van der Waals surface area contributed by atoms with Crippen molar-refractivity contribution in [3.05, 3.63) is 56.7 Å². The quantitative estimate of drug-likeness (QED) is 0.399. The van der Waals surface area contributed by atoms with E-state index in [1.54, 1.807) is 0 Å². The largest absolute Gasteiger partial charge is 0.384 e. The first kappa shape index (κ1) is 21.8. The number of hydrogen-bond donors (Lipinski definition) is 2. The van der Waals surface area contributed by atoms with Crippen molar-refractivity contribution in [1.82, 2.24) is 19.3 Å². The summed E-state index contributed by atoms with van der Waals surface area (Å²) >= 11 is 2.46. The summed E-state index contributed by atoms with van der Waals surface area (Å²) in [6.45, 7) is 4.16. The third-order valence-corrected chi connectivity index (χ3v) is 6.14. The number of aromatic nitrogens is 4. The van der Waals surface area contributed by atoms with E-state index in [0.29, 0.717) is 16.0 Å². The van der Waals surface area contributed by atoms with Crippen LogP contribution in [0.4, 0.5) is 16.6 Å². The molecular formula is C19H22N6O3S2. The fourth-order valence-corrected chi connectivity index (χ4v) is 4.39. The van der Waals surface area contributed by atoms with Gasteiger partial charge in [-0.25, -0.2) is 4.79 Å². The molecule has 0 aliphatic carbocycles. The fraction of sp³-hybridized carbons (Fsp3) is 0.316. The molecule has 0 spiro atoms. The van der Waals surface area contributed by atoms with E-state index >= 15 is 0 Å². The van der Waals surface area contributed by atoms with Gasteiger partial charge < -0.3 is 11.1 Å². The number of ketones is 1. The topological polar surface area (TPSA) is 125 Å². The minimum absolute atomic E-state index is 0.0424. The molecule has 0 radical (unpaired) electrons. The average molecular weight is 447 g/mol. The number of benzene rings is 1. The number of carbonyl (C=O) groups is 1. The van der Waals surface area contributed by atoms with Crippen LogP contribution in [0.25, 0.3) is 0 Å². The molecule has 1 aromatic carbocycles. The maximum absolute atomic E-state index is 12.8. The lowest BCUT2D eigenvalue weighted by atomic mass is 10.2. The molecule has 30 heavy (non-hydrogen) atoms. The average Bonchev–Trinajstić information content (AvgIpc) is 3.16. The Kier molecular flexibility index (Phi) is 6.73. The zero-order chi connectivity index (χ0) is 21.8. The van der Waals surface area contributed by atoms with Crippen LogP contribution in [0.15, 0.2) is 44.3 Å². The van der Waals surface area contributed by atoms with Crippen LogP contribution in [0.3, 0.4) is 0 Å². The Hall–Kier alpha value is -2.92. The number of nitrogens with two attached hydrogens (primary N) is 1. The van der Waals surface area contributed by atoms with Gasteiger partial charge in [0, 0.05) is 19.3 Å². The van der Waals surface area contributed by atoms with Gasteiger partial charge in [-0.2, -0.15) is 0 Å². The summed E-state index contributed by atoms with van der Waals surface area (Å²) in [6.07, 6.45) is 0. The van der Waals surface area contributed by atoms with Crippen LogP contribution >= 0.6 is 23.1 Å². The number of rotatable bonds is 8. The van der Waals surface area contributed by atoms with Crippen LogP contribution in [-0.2, 0) is 13.6 Å². The summed E-state index contributed by atoms with van der Waals surface area (Å²) in [4.78, 5) is 37.6. The molecule has 2 aromatic heterocycles. The van der Waals surface area contributed by atoms with Crippen LogP contribution in [-0.4, -0.2) is 30.9 Å². The number of para-hydroxylation sites is 1. The number of nitrogen functional groups attached to an aromatic ring is 1. The molecule has 0 aliphatic rings. The molecule has 11 heteroatoms. The monoisotopic (exact) mass is 446 g/mol. The van der Waals surface area contributed by atoms with E-state index in [0.717, 1.165) is 10.3 Å². The van der Waals surface area contributed by atoms with Crippen molar-refractivity contribution >= 4 is 45.5 Å². The molecule has 0 bridgehead atoms. The van der Waals surface area contributed by atoms with Crippen molar-refractivity contribution in [2.75, 3.05) is 16.8 Å². The highest BCUT2D eigenvalue weighted by Crippen LogP contribution is 2.28. The van der Waals surface area contributed by atoms with E-state index in [9.17, 15) is 14.4 Å². The number of nitrogens with zero attached hydrogens (tertiary/aromatic N) is 4. The fourth-order valence-electron chi connectivity index (χ4n) is 2.75. The molecule has 2 heterocycles. The Labute approximate surface area is 181 Å². The lowest BCUT2D eigenvalue weighted by Crippen LogP contribution is -2.43. The summed E-state index contributed by atoms with van der Waals surface area (Å²) < 4.78 is 2.77. The van der Waals surface area contributed by atoms with Crippen LogP contribution in [0.5, 0.6) is 0 Å². The first-order valence-electron chi connectivity index (χ1n) is 9.18. The minimum atomic E-state index is -0.688. The third-order valence-electron chi connectivity index (χ3n) is 4.17. The highest BCUT2D eigenvalue weighted by Gasteiger charge is 2.22. The number of nitrogens with one attached hydrogen (secondary N) is 1. The second-order valence-corrected chi connectivity index (χ2v) is 9.19. The zero-order valence-corrected chi connectivity index (χ0v) is 18.4. The maximum atomic E-state index is 12.8. The van der Waals surface area contributed by atoms with Crippen LogP contribution in [0.1, 0.15) is 24.2 Å². The van der Waals surface area contributed by atoms with Gasteiger partial charge in [0.1, 0.15) is 11.4 Å². The van der Waals surface area contributed by atoms with E-state index in [1.165, 1.54) is 34.7 Å². The van der Waals surface area contributed by atoms with Crippen LogP contribution < -0.4 is 22.3 Å². The smallest absolute Gasteiger partial charge is 0.332 e. The molecule has 158 valence electrons. The second kappa shape index (κ2) is 9.26. The molecule has 0 amide bonds. The summed E-state index contributed by atoms with van der Waals surface area (Å²) in [7, 11) is 1.34. The zero-order valence-electron chi connectivity index (χ0n) is 16.8. The number of thioether (sulfide) groups is 1. The van der Waals surface area contributed by atoms with Gasteiger partial charge in [0.15, 0.2) is 10.1 Å². The SMILES string of the molecule is CC(C)Cn1c(N)c(C(=O)CSc2nnc(Nc3ccccc3)s2)c(=O)n(C)c1=O. The predicted molar refractivity (Wildman–Crippen MR) is 120 cm³/mol. The van der Waals surface area contributed by atoms with Crippen molar-refractivity contribution in [3.8, 4) is 0 Å². The summed E-state index contributed by atoms with van der Waals surface area (Å²) in [5, 5.41) is 11.8. The molecule has 9 nitrogen and oxygen atoms in total. The second-order valence-electron chi connectivity index (χ2n) is 6.99. The van der Waals surface area contributed by atoms with Crippen molar-refractivity contribution in [2.45, 2.75) is 24.7 Å². The summed E-state index contributed by atoms with van der Waals surface area (Å²) in [5.74, 6) is -0.467. The van der Waals surface area contributed by atoms with Crippen molar-refractivity contribution < 1.29 is 4.79 Å². The molecule has 0 unspecified atom stereocenters.